The molecule has 0 N–H and O–H groups in total. The summed E-state index contributed by atoms with van der Waals surface area (Å²) in [7, 11) is 0. The van der Waals surface area contributed by atoms with Crippen LogP contribution in [0.5, 0.6) is 0 Å². The molecule has 0 spiro atoms. The number of hydrogen-bond acceptors (Lipinski definition) is 3. The quantitative estimate of drug-likeness (QED) is 0.159. The van der Waals surface area contributed by atoms with Crippen molar-refractivity contribution in [1.29, 1.82) is 0 Å². The summed E-state index contributed by atoms with van der Waals surface area (Å²) < 4.78 is 2.78. The minimum absolute atomic E-state index is 0.0125. The maximum atomic E-state index is 4.82. The zero-order valence-corrected chi connectivity index (χ0v) is 31.8. The van der Waals surface area contributed by atoms with Gasteiger partial charge >= 0.3 is 323 Å². The molecule has 0 atom stereocenters. The molecule has 0 amide bonds. The van der Waals surface area contributed by atoms with E-state index in [-0.39, 0.29) is 14.5 Å². The van der Waals surface area contributed by atoms with Crippen LogP contribution in [0.4, 0.5) is 0 Å². The molecular weight excluding hydrogens is 722 g/mol. The number of aromatic nitrogens is 3. The van der Waals surface area contributed by atoms with Crippen molar-refractivity contribution >= 4 is 24.1 Å². The van der Waals surface area contributed by atoms with Gasteiger partial charge in [-0.25, -0.2) is 0 Å². The van der Waals surface area contributed by atoms with Gasteiger partial charge in [0, 0.05) is 0 Å². The molecule has 0 saturated carbocycles. The van der Waals surface area contributed by atoms with Gasteiger partial charge in [0.25, 0.3) is 0 Å². The summed E-state index contributed by atoms with van der Waals surface area (Å²) in [6.07, 6.45) is 2.70. The molecule has 0 fully saturated rings. The average molecular weight is 757 g/mol. The number of benzene rings is 7. The molecule has 2 heterocycles. The molecule has 0 radical (unpaired) electrons. The van der Waals surface area contributed by atoms with Crippen LogP contribution in [0, 0.1) is 13.8 Å². The molecule has 0 aliphatic heterocycles. The Kier molecular flexibility index (Phi) is 8.02. The zero-order valence-electron chi connectivity index (χ0n) is 30.0. The Morgan fingerprint density at radius 2 is 1.13 bits per heavy atom. The second kappa shape index (κ2) is 13.3. The van der Waals surface area contributed by atoms with Crippen LogP contribution < -0.4 is 0 Å². The van der Waals surface area contributed by atoms with E-state index in [1.165, 1.54) is 75.3 Å². The van der Waals surface area contributed by atoms with E-state index in [0.29, 0.717) is 0 Å². The number of nitrogens with zero attached hydrogens (tertiary/aromatic N) is 3. The summed E-state index contributed by atoms with van der Waals surface area (Å²) >= 11 is -0.0125. The Morgan fingerprint density at radius 3 is 1.83 bits per heavy atom. The summed E-state index contributed by atoms with van der Waals surface area (Å²) in [6.45, 7) is 4.61. The van der Waals surface area contributed by atoms with E-state index < -0.39 is 0 Å². The first-order chi connectivity index (χ1) is 26.7. The Morgan fingerprint density at radius 1 is 0.500 bits per heavy atom. The van der Waals surface area contributed by atoms with E-state index in [4.69, 9.17) is 5.10 Å². The fourth-order valence-corrected chi connectivity index (χ4v) is 11.1. The van der Waals surface area contributed by atoms with Gasteiger partial charge in [-0.3, -0.25) is 0 Å². The zero-order chi connectivity index (χ0) is 36.2. The molecular formula is C50H35N3Se. The molecule has 10 rings (SSSR count). The standard InChI is InChI=1S/C50H35N3Se/c1-31-28-41-37-23-13-12-22-36(37)29-42(41)45(32(31)2)47-38-24-14-15-25-44(38)54-50(47)48-40(34-18-8-4-9-19-34)30-39(33-16-6-3-7-17-33)46(35-20-10-5-11-21-35)49(48)43-26-27-51-53-52-43/h3-28,30H,29H2,1-2H3. The summed E-state index contributed by atoms with van der Waals surface area (Å²) in [5.41, 5.74) is 21.0. The molecule has 4 heteroatoms. The predicted octanol–water partition coefficient (Wildman–Crippen LogP) is 12.3. The molecule has 9 aromatic rings. The molecule has 0 saturated heterocycles. The molecule has 1 aliphatic rings. The summed E-state index contributed by atoms with van der Waals surface area (Å²) in [5.74, 6) is 0. The summed E-state index contributed by atoms with van der Waals surface area (Å²) in [4.78, 5) is 0. The first-order valence-corrected chi connectivity index (χ1v) is 20.1. The fraction of sp³-hybridized carbons (Fsp3) is 0.0600. The second-order valence-electron chi connectivity index (χ2n) is 14.1. The van der Waals surface area contributed by atoms with Crippen molar-refractivity contribution in [3.05, 3.63) is 186 Å². The van der Waals surface area contributed by atoms with Gasteiger partial charge in [-0.1, -0.05) is 0 Å². The van der Waals surface area contributed by atoms with Crippen molar-refractivity contribution in [2.24, 2.45) is 0 Å². The summed E-state index contributed by atoms with van der Waals surface area (Å²) in [5, 5.41) is 14.6. The van der Waals surface area contributed by atoms with Gasteiger partial charge in [-0.2, -0.15) is 0 Å². The number of rotatable bonds is 6. The van der Waals surface area contributed by atoms with Gasteiger partial charge in [0.1, 0.15) is 0 Å². The third kappa shape index (κ3) is 5.29. The van der Waals surface area contributed by atoms with Crippen LogP contribution in [0.25, 0.3) is 86.5 Å². The van der Waals surface area contributed by atoms with E-state index in [1.54, 1.807) is 6.20 Å². The van der Waals surface area contributed by atoms with Crippen molar-refractivity contribution in [3.63, 3.8) is 0 Å². The molecule has 0 bridgehead atoms. The molecule has 1 aliphatic carbocycles. The van der Waals surface area contributed by atoms with Crippen molar-refractivity contribution in [3.8, 4) is 76.9 Å². The third-order valence-electron chi connectivity index (χ3n) is 11.0. The monoisotopic (exact) mass is 757 g/mol. The normalized spacial score (nSPS) is 11.8. The van der Waals surface area contributed by atoms with E-state index in [2.05, 4.69) is 176 Å². The van der Waals surface area contributed by atoms with Crippen LogP contribution in [-0.2, 0) is 6.42 Å². The number of aryl methyl sites for hydroxylation is 1. The van der Waals surface area contributed by atoms with Gasteiger partial charge in [0.05, 0.1) is 0 Å². The minimum atomic E-state index is -0.0125. The van der Waals surface area contributed by atoms with E-state index in [9.17, 15) is 0 Å². The van der Waals surface area contributed by atoms with Gasteiger partial charge in [0.15, 0.2) is 0 Å². The Hall–Kier alpha value is -6.19. The van der Waals surface area contributed by atoms with Crippen molar-refractivity contribution < 1.29 is 0 Å². The van der Waals surface area contributed by atoms with E-state index in [0.717, 1.165) is 39.9 Å². The Labute approximate surface area is 321 Å². The molecule has 54 heavy (non-hydrogen) atoms. The average Bonchev–Trinajstić information content (AvgIpc) is 3.80. The Bertz CT molecular complexity index is 2840. The van der Waals surface area contributed by atoms with Crippen LogP contribution in [0.15, 0.2) is 164 Å². The van der Waals surface area contributed by atoms with Crippen LogP contribution in [0.1, 0.15) is 22.3 Å². The van der Waals surface area contributed by atoms with Crippen LogP contribution in [0.3, 0.4) is 0 Å². The summed E-state index contributed by atoms with van der Waals surface area (Å²) in [6, 6.07) is 57.4. The van der Waals surface area contributed by atoms with Crippen LogP contribution >= 0.6 is 0 Å². The topological polar surface area (TPSA) is 38.7 Å². The molecule has 7 aromatic carbocycles. The molecule has 2 aromatic heterocycles. The van der Waals surface area contributed by atoms with Crippen molar-refractivity contribution in [1.82, 2.24) is 15.4 Å². The van der Waals surface area contributed by atoms with E-state index in [1.807, 2.05) is 6.07 Å². The van der Waals surface area contributed by atoms with Gasteiger partial charge in [-0.15, -0.1) is 0 Å². The van der Waals surface area contributed by atoms with Crippen molar-refractivity contribution in [2.45, 2.75) is 20.3 Å². The molecule has 3 nitrogen and oxygen atoms in total. The second-order valence-corrected chi connectivity index (χ2v) is 16.3. The van der Waals surface area contributed by atoms with Crippen LogP contribution in [0.2, 0.25) is 0 Å². The number of hydrogen-bond donors (Lipinski definition) is 0. The maximum absolute atomic E-state index is 4.82. The van der Waals surface area contributed by atoms with Gasteiger partial charge < -0.3 is 0 Å². The predicted molar refractivity (Wildman–Crippen MR) is 225 cm³/mol. The van der Waals surface area contributed by atoms with Gasteiger partial charge in [0.2, 0.25) is 0 Å². The SMILES string of the molecule is Cc1cc2c(c(-c3c(-c4c(-c5ccccc5)cc(-c5ccccc5)c(-c5ccccc5)c4-c4ccnnn4)[se]c4ccccc34)c1C)Cc1ccccc1-2. The first-order valence-electron chi connectivity index (χ1n) is 18.4. The van der Waals surface area contributed by atoms with Gasteiger partial charge in [-0.05, 0) is 0 Å². The van der Waals surface area contributed by atoms with Crippen molar-refractivity contribution in [2.75, 3.05) is 0 Å². The Balaban J connectivity index is 1.42. The fourth-order valence-electron chi connectivity index (χ4n) is 8.47. The third-order valence-corrected chi connectivity index (χ3v) is 13.5. The molecule has 0 unspecified atom stereocenters. The van der Waals surface area contributed by atoms with Crippen LogP contribution in [-0.4, -0.2) is 29.9 Å². The molecule has 256 valence electrons. The number of fused-ring (bicyclic) bond motifs is 4. The van der Waals surface area contributed by atoms with E-state index >= 15 is 0 Å². The first kappa shape index (κ1) is 32.5.